The van der Waals surface area contributed by atoms with E-state index in [1.807, 2.05) is 0 Å². The fourth-order valence-electron chi connectivity index (χ4n) is 1.15. The van der Waals surface area contributed by atoms with E-state index in [0.29, 0.717) is 12.2 Å². The standard InChI is InChI=1S/C10H12F2N2O2/c1-2-15-9-5-7(6-14-13)3-4-8(9)16-10(11)12/h3-6,10H,2,13H2,1H3. The maximum absolute atomic E-state index is 12.1. The molecule has 16 heavy (non-hydrogen) atoms. The number of benzene rings is 1. The van der Waals surface area contributed by atoms with Gasteiger partial charge in [0.05, 0.1) is 12.8 Å². The van der Waals surface area contributed by atoms with Gasteiger partial charge in [-0.3, -0.25) is 0 Å². The summed E-state index contributed by atoms with van der Waals surface area (Å²) in [5.41, 5.74) is 0.646. The molecule has 0 aliphatic carbocycles. The van der Waals surface area contributed by atoms with Crippen LogP contribution in [0.15, 0.2) is 23.3 Å². The van der Waals surface area contributed by atoms with Crippen molar-refractivity contribution >= 4 is 6.21 Å². The molecule has 0 amide bonds. The lowest BCUT2D eigenvalue weighted by atomic mass is 10.2. The van der Waals surface area contributed by atoms with Crippen LogP contribution in [0.2, 0.25) is 0 Å². The van der Waals surface area contributed by atoms with Crippen molar-refractivity contribution < 1.29 is 18.3 Å². The Hall–Kier alpha value is -1.85. The lowest BCUT2D eigenvalue weighted by Crippen LogP contribution is -2.05. The molecule has 0 saturated carbocycles. The molecular weight excluding hydrogens is 218 g/mol. The zero-order valence-corrected chi connectivity index (χ0v) is 8.69. The summed E-state index contributed by atoms with van der Waals surface area (Å²) in [4.78, 5) is 0. The summed E-state index contributed by atoms with van der Waals surface area (Å²) < 4.78 is 33.6. The van der Waals surface area contributed by atoms with Gasteiger partial charge in [0.2, 0.25) is 0 Å². The van der Waals surface area contributed by atoms with Gasteiger partial charge in [-0.2, -0.15) is 13.9 Å². The van der Waals surface area contributed by atoms with Gasteiger partial charge < -0.3 is 15.3 Å². The van der Waals surface area contributed by atoms with E-state index in [1.54, 1.807) is 13.0 Å². The molecule has 0 atom stereocenters. The van der Waals surface area contributed by atoms with Crippen LogP contribution in [0.3, 0.4) is 0 Å². The van der Waals surface area contributed by atoms with Gasteiger partial charge in [0.25, 0.3) is 0 Å². The van der Waals surface area contributed by atoms with E-state index >= 15 is 0 Å². The van der Waals surface area contributed by atoms with Gasteiger partial charge in [0.1, 0.15) is 0 Å². The van der Waals surface area contributed by atoms with Crippen LogP contribution in [-0.4, -0.2) is 19.4 Å². The summed E-state index contributed by atoms with van der Waals surface area (Å²) in [5.74, 6) is 5.21. The lowest BCUT2D eigenvalue weighted by Gasteiger charge is -2.11. The second-order valence-electron chi connectivity index (χ2n) is 2.80. The van der Waals surface area contributed by atoms with Crippen LogP contribution in [0, 0.1) is 0 Å². The predicted octanol–water partition coefficient (Wildman–Crippen LogP) is 1.98. The first kappa shape index (κ1) is 12.2. The Morgan fingerprint density at radius 1 is 1.44 bits per heavy atom. The summed E-state index contributed by atoms with van der Waals surface area (Å²) in [7, 11) is 0. The lowest BCUT2D eigenvalue weighted by molar-refractivity contribution is -0.0514. The predicted molar refractivity (Wildman–Crippen MR) is 56.0 cm³/mol. The average molecular weight is 230 g/mol. The minimum absolute atomic E-state index is 0.00831. The summed E-state index contributed by atoms with van der Waals surface area (Å²) in [5, 5.41) is 3.33. The highest BCUT2D eigenvalue weighted by molar-refractivity contribution is 5.80. The van der Waals surface area contributed by atoms with Gasteiger partial charge in [-0.05, 0) is 30.7 Å². The Kier molecular flexibility index (Phi) is 4.50. The van der Waals surface area contributed by atoms with Crippen molar-refractivity contribution in [2.24, 2.45) is 10.9 Å². The van der Waals surface area contributed by atoms with Gasteiger partial charge in [0, 0.05) is 0 Å². The normalized spacial score (nSPS) is 11.0. The molecule has 2 N–H and O–H groups in total. The molecule has 0 spiro atoms. The largest absolute Gasteiger partial charge is 0.490 e. The van der Waals surface area contributed by atoms with E-state index in [0.717, 1.165) is 0 Å². The van der Waals surface area contributed by atoms with Gasteiger partial charge >= 0.3 is 6.61 Å². The number of rotatable bonds is 5. The smallest absolute Gasteiger partial charge is 0.387 e. The molecule has 0 aliphatic heterocycles. The second-order valence-corrected chi connectivity index (χ2v) is 2.80. The zero-order valence-electron chi connectivity index (χ0n) is 8.69. The first-order valence-corrected chi connectivity index (χ1v) is 4.62. The fraction of sp³-hybridized carbons (Fsp3) is 0.300. The van der Waals surface area contributed by atoms with E-state index in [2.05, 4.69) is 9.84 Å². The van der Waals surface area contributed by atoms with Gasteiger partial charge in [-0.1, -0.05) is 0 Å². The quantitative estimate of drug-likeness (QED) is 0.478. The Bertz CT molecular complexity index is 370. The molecule has 0 aliphatic rings. The van der Waals surface area contributed by atoms with Crippen molar-refractivity contribution in [1.82, 2.24) is 0 Å². The van der Waals surface area contributed by atoms with Gasteiger partial charge in [0.15, 0.2) is 11.5 Å². The number of halogens is 2. The maximum Gasteiger partial charge on any atom is 0.387 e. The summed E-state index contributed by atoms with van der Waals surface area (Å²) >= 11 is 0. The molecule has 0 fully saturated rings. The molecule has 0 unspecified atom stereocenters. The number of hydrazone groups is 1. The van der Waals surface area contributed by atoms with E-state index in [9.17, 15) is 8.78 Å². The molecular formula is C10H12F2N2O2. The van der Waals surface area contributed by atoms with Crippen molar-refractivity contribution in [3.8, 4) is 11.5 Å². The Labute approximate surface area is 91.7 Å². The highest BCUT2D eigenvalue weighted by Gasteiger charge is 2.10. The highest BCUT2D eigenvalue weighted by atomic mass is 19.3. The SMILES string of the molecule is CCOc1cc(C=NN)ccc1OC(F)F. The summed E-state index contributed by atoms with van der Waals surface area (Å²) in [6, 6.07) is 4.46. The molecule has 4 nitrogen and oxygen atoms in total. The van der Waals surface area contributed by atoms with Crippen molar-refractivity contribution in [2.75, 3.05) is 6.61 Å². The summed E-state index contributed by atoms with van der Waals surface area (Å²) in [6.45, 7) is -0.785. The molecule has 0 bridgehead atoms. The molecule has 0 aromatic heterocycles. The molecule has 1 aromatic rings. The second kappa shape index (κ2) is 5.89. The summed E-state index contributed by atoms with van der Waals surface area (Å²) in [6.07, 6.45) is 1.38. The van der Waals surface area contributed by atoms with Crippen LogP contribution in [0.5, 0.6) is 11.5 Å². The van der Waals surface area contributed by atoms with Crippen molar-refractivity contribution in [3.63, 3.8) is 0 Å². The minimum Gasteiger partial charge on any atom is -0.490 e. The Balaban J connectivity index is 2.98. The molecule has 0 saturated heterocycles. The Morgan fingerprint density at radius 3 is 2.75 bits per heavy atom. The third kappa shape index (κ3) is 3.38. The van der Waals surface area contributed by atoms with E-state index < -0.39 is 6.61 Å². The number of hydrogen-bond donors (Lipinski definition) is 1. The average Bonchev–Trinajstić information content (AvgIpc) is 2.22. The van der Waals surface area contributed by atoms with Crippen LogP contribution < -0.4 is 15.3 Å². The van der Waals surface area contributed by atoms with Crippen LogP contribution in [0.4, 0.5) is 8.78 Å². The topological polar surface area (TPSA) is 56.8 Å². The third-order valence-corrected chi connectivity index (χ3v) is 1.71. The number of hydrogen-bond acceptors (Lipinski definition) is 4. The molecule has 88 valence electrons. The number of nitrogens with zero attached hydrogens (tertiary/aromatic N) is 1. The number of nitrogens with two attached hydrogens (primary N) is 1. The first-order chi connectivity index (χ1) is 7.67. The van der Waals surface area contributed by atoms with Crippen LogP contribution in [0.25, 0.3) is 0 Å². The van der Waals surface area contributed by atoms with Crippen LogP contribution in [0.1, 0.15) is 12.5 Å². The molecule has 6 heteroatoms. The molecule has 1 aromatic carbocycles. The van der Waals surface area contributed by atoms with E-state index in [1.165, 1.54) is 18.3 Å². The third-order valence-electron chi connectivity index (χ3n) is 1.71. The monoisotopic (exact) mass is 230 g/mol. The van der Waals surface area contributed by atoms with Gasteiger partial charge in [-0.25, -0.2) is 0 Å². The van der Waals surface area contributed by atoms with E-state index in [4.69, 9.17) is 10.6 Å². The van der Waals surface area contributed by atoms with Crippen molar-refractivity contribution in [2.45, 2.75) is 13.5 Å². The first-order valence-electron chi connectivity index (χ1n) is 4.62. The van der Waals surface area contributed by atoms with Crippen molar-refractivity contribution in [3.05, 3.63) is 23.8 Å². The maximum atomic E-state index is 12.1. The van der Waals surface area contributed by atoms with Crippen LogP contribution in [-0.2, 0) is 0 Å². The molecule has 0 heterocycles. The molecule has 0 radical (unpaired) electrons. The van der Waals surface area contributed by atoms with E-state index in [-0.39, 0.29) is 11.5 Å². The zero-order chi connectivity index (χ0) is 12.0. The Morgan fingerprint density at radius 2 is 2.19 bits per heavy atom. The van der Waals surface area contributed by atoms with Crippen molar-refractivity contribution in [1.29, 1.82) is 0 Å². The number of ether oxygens (including phenoxy) is 2. The highest BCUT2D eigenvalue weighted by Crippen LogP contribution is 2.29. The number of alkyl halides is 2. The fourth-order valence-corrected chi connectivity index (χ4v) is 1.15. The van der Waals surface area contributed by atoms with Gasteiger partial charge in [-0.15, -0.1) is 0 Å². The van der Waals surface area contributed by atoms with Crippen LogP contribution >= 0.6 is 0 Å². The molecule has 1 rings (SSSR count). The minimum atomic E-state index is -2.88.